The lowest BCUT2D eigenvalue weighted by Crippen LogP contribution is -2.10. The van der Waals surface area contributed by atoms with E-state index >= 15 is 0 Å². The number of benzene rings is 1. The average molecular weight is 260 g/mol. The van der Waals surface area contributed by atoms with Gasteiger partial charge in [-0.1, -0.05) is 0 Å². The van der Waals surface area contributed by atoms with Gasteiger partial charge in [-0.25, -0.2) is 4.39 Å². The van der Waals surface area contributed by atoms with Gasteiger partial charge in [0.25, 0.3) is 0 Å². The molecule has 0 bridgehead atoms. The normalized spacial score (nSPS) is 12.3. The summed E-state index contributed by atoms with van der Waals surface area (Å²) in [5, 5.41) is 0.400. The molecule has 0 unspecified atom stereocenters. The lowest BCUT2D eigenvalue weighted by Gasteiger charge is -2.07. The van der Waals surface area contributed by atoms with Crippen molar-refractivity contribution in [1.82, 2.24) is 4.98 Å². The molecule has 0 amide bonds. The van der Waals surface area contributed by atoms with Crippen molar-refractivity contribution in [2.24, 2.45) is 5.73 Å². The van der Waals surface area contributed by atoms with Gasteiger partial charge in [-0.3, -0.25) is 0 Å². The molecular weight excluding hydrogens is 248 g/mol. The topological polar surface area (TPSA) is 41.8 Å². The molecule has 0 atom stereocenters. The van der Waals surface area contributed by atoms with Crippen LogP contribution in [-0.2, 0) is 12.6 Å². The maximum Gasteiger partial charge on any atom is 0.431 e. The van der Waals surface area contributed by atoms with Gasteiger partial charge in [0.2, 0.25) is 0 Å². The first kappa shape index (κ1) is 12.9. The second-order valence-electron chi connectivity index (χ2n) is 4.06. The first-order chi connectivity index (χ1) is 8.43. The van der Waals surface area contributed by atoms with E-state index in [1.807, 2.05) is 0 Å². The molecule has 0 spiro atoms. The smallest absolute Gasteiger partial charge is 0.351 e. The van der Waals surface area contributed by atoms with Gasteiger partial charge in [-0.2, -0.15) is 13.2 Å². The number of hydrogen-bond acceptors (Lipinski definition) is 1. The van der Waals surface area contributed by atoms with Crippen LogP contribution in [0.2, 0.25) is 0 Å². The monoisotopic (exact) mass is 260 g/mol. The molecule has 3 N–H and O–H groups in total. The molecule has 1 aromatic carbocycles. The molecular formula is C12H12F4N2. The van der Waals surface area contributed by atoms with Crippen molar-refractivity contribution in [1.29, 1.82) is 0 Å². The Balaban J connectivity index is 2.60. The standard InChI is InChI=1S/C12H12F4N2/c13-7-3-4-8-9(2-1-5-17)11(12(14,15)16)18-10(8)6-7/h3-4,6,18H,1-2,5,17H2. The maximum absolute atomic E-state index is 13.0. The zero-order valence-electron chi connectivity index (χ0n) is 9.44. The average Bonchev–Trinajstić information content (AvgIpc) is 2.63. The molecule has 2 aromatic rings. The van der Waals surface area contributed by atoms with Crippen LogP contribution in [-0.4, -0.2) is 11.5 Å². The largest absolute Gasteiger partial charge is 0.431 e. The van der Waals surface area contributed by atoms with Gasteiger partial charge in [-0.15, -0.1) is 0 Å². The summed E-state index contributed by atoms with van der Waals surface area (Å²) in [6.45, 7) is 0.311. The highest BCUT2D eigenvalue weighted by Gasteiger charge is 2.36. The second kappa shape index (κ2) is 4.61. The van der Waals surface area contributed by atoms with Crippen LogP contribution in [0.4, 0.5) is 17.6 Å². The molecule has 2 rings (SSSR count). The first-order valence-corrected chi connectivity index (χ1v) is 5.51. The Morgan fingerprint density at radius 1 is 1.22 bits per heavy atom. The number of rotatable bonds is 3. The van der Waals surface area contributed by atoms with Gasteiger partial charge in [0.1, 0.15) is 11.5 Å². The number of halogens is 4. The van der Waals surface area contributed by atoms with Gasteiger partial charge in [0, 0.05) is 10.9 Å². The van der Waals surface area contributed by atoms with E-state index in [1.165, 1.54) is 6.07 Å². The van der Waals surface area contributed by atoms with E-state index in [0.29, 0.717) is 18.4 Å². The van der Waals surface area contributed by atoms with Crippen molar-refractivity contribution in [2.45, 2.75) is 19.0 Å². The van der Waals surface area contributed by atoms with Crippen molar-refractivity contribution in [3.8, 4) is 0 Å². The molecule has 98 valence electrons. The van der Waals surface area contributed by atoms with Crippen LogP contribution in [0.3, 0.4) is 0 Å². The van der Waals surface area contributed by atoms with Crippen molar-refractivity contribution >= 4 is 10.9 Å². The van der Waals surface area contributed by atoms with Crippen molar-refractivity contribution < 1.29 is 17.6 Å². The zero-order valence-corrected chi connectivity index (χ0v) is 9.44. The van der Waals surface area contributed by atoms with Crippen molar-refractivity contribution in [2.75, 3.05) is 6.54 Å². The molecule has 6 heteroatoms. The number of alkyl halides is 3. The van der Waals surface area contributed by atoms with Crippen LogP contribution in [0.25, 0.3) is 10.9 Å². The third-order valence-corrected chi connectivity index (χ3v) is 2.78. The molecule has 1 aromatic heterocycles. The Morgan fingerprint density at radius 2 is 1.94 bits per heavy atom. The summed E-state index contributed by atoms with van der Waals surface area (Å²) < 4.78 is 51.6. The van der Waals surface area contributed by atoms with E-state index in [4.69, 9.17) is 5.73 Å². The first-order valence-electron chi connectivity index (χ1n) is 5.51. The summed E-state index contributed by atoms with van der Waals surface area (Å²) in [7, 11) is 0. The minimum atomic E-state index is -4.47. The number of H-pyrrole nitrogens is 1. The summed E-state index contributed by atoms with van der Waals surface area (Å²) in [5.41, 5.74) is 4.83. The number of aromatic amines is 1. The summed E-state index contributed by atoms with van der Waals surface area (Å²) in [5.74, 6) is -0.567. The molecule has 1 heterocycles. The highest BCUT2D eigenvalue weighted by molar-refractivity contribution is 5.85. The summed E-state index contributed by atoms with van der Waals surface area (Å²) >= 11 is 0. The predicted molar refractivity (Wildman–Crippen MR) is 60.6 cm³/mol. The van der Waals surface area contributed by atoms with Gasteiger partial charge in [-0.05, 0) is 43.1 Å². The number of nitrogens with one attached hydrogen (secondary N) is 1. The van der Waals surface area contributed by atoms with E-state index in [1.54, 1.807) is 0 Å². The fourth-order valence-corrected chi connectivity index (χ4v) is 2.01. The van der Waals surface area contributed by atoms with Gasteiger partial charge in [0.15, 0.2) is 0 Å². The van der Waals surface area contributed by atoms with E-state index in [-0.39, 0.29) is 17.5 Å². The molecule has 0 saturated heterocycles. The SMILES string of the molecule is NCCCc1c(C(F)(F)F)[nH]c2cc(F)ccc12. The molecule has 18 heavy (non-hydrogen) atoms. The third-order valence-electron chi connectivity index (χ3n) is 2.78. The number of nitrogens with two attached hydrogens (primary N) is 1. The Bertz CT molecular complexity index is 557. The molecule has 0 fully saturated rings. The molecule has 0 radical (unpaired) electrons. The highest BCUT2D eigenvalue weighted by Crippen LogP contribution is 2.36. The molecule has 0 aliphatic carbocycles. The Labute approximate surface area is 101 Å². The van der Waals surface area contributed by atoms with E-state index < -0.39 is 17.7 Å². The molecule has 0 saturated carbocycles. The maximum atomic E-state index is 13.0. The number of aromatic nitrogens is 1. The fraction of sp³-hybridized carbons (Fsp3) is 0.333. The Kier molecular flexibility index (Phi) is 3.30. The van der Waals surface area contributed by atoms with Crippen LogP contribution in [0.1, 0.15) is 17.7 Å². The summed E-state index contributed by atoms with van der Waals surface area (Å²) in [6.07, 6.45) is -3.80. The van der Waals surface area contributed by atoms with Crippen LogP contribution in [0.15, 0.2) is 18.2 Å². The van der Waals surface area contributed by atoms with E-state index in [9.17, 15) is 17.6 Å². The van der Waals surface area contributed by atoms with Gasteiger partial charge >= 0.3 is 6.18 Å². The molecule has 2 nitrogen and oxygen atoms in total. The Morgan fingerprint density at radius 3 is 2.56 bits per heavy atom. The lowest BCUT2D eigenvalue weighted by atomic mass is 10.1. The van der Waals surface area contributed by atoms with E-state index in [2.05, 4.69) is 4.98 Å². The van der Waals surface area contributed by atoms with Crippen molar-refractivity contribution in [3.05, 3.63) is 35.3 Å². The number of hydrogen-bond donors (Lipinski definition) is 2. The zero-order chi connectivity index (χ0) is 13.3. The predicted octanol–water partition coefficient (Wildman–Crippen LogP) is 3.22. The second-order valence-corrected chi connectivity index (χ2v) is 4.06. The van der Waals surface area contributed by atoms with E-state index in [0.717, 1.165) is 12.1 Å². The van der Waals surface area contributed by atoms with Crippen LogP contribution in [0, 0.1) is 5.82 Å². The van der Waals surface area contributed by atoms with Crippen LogP contribution >= 0.6 is 0 Å². The van der Waals surface area contributed by atoms with Crippen LogP contribution < -0.4 is 5.73 Å². The highest BCUT2D eigenvalue weighted by atomic mass is 19.4. The lowest BCUT2D eigenvalue weighted by molar-refractivity contribution is -0.141. The minimum Gasteiger partial charge on any atom is -0.351 e. The minimum absolute atomic E-state index is 0.156. The fourth-order valence-electron chi connectivity index (χ4n) is 2.01. The quantitative estimate of drug-likeness (QED) is 0.817. The molecule has 0 aliphatic rings. The van der Waals surface area contributed by atoms with Crippen molar-refractivity contribution in [3.63, 3.8) is 0 Å². The number of fused-ring (bicyclic) bond motifs is 1. The third kappa shape index (κ3) is 2.33. The van der Waals surface area contributed by atoms with Crippen LogP contribution in [0.5, 0.6) is 0 Å². The summed E-state index contributed by atoms with van der Waals surface area (Å²) in [6, 6.07) is 3.58. The molecule has 0 aliphatic heterocycles. The van der Waals surface area contributed by atoms with Gasteiger partial charge in [0.05, 0.1) is 0 Å². The van der Waals surface area contributed by atoms with Gasteiger partial charge < -0.3 is 10.7 Å². The number of aryl methyl sites for hydroxylation is 1. The summed E-state index contributed by atoms with van der Waals surface area (Å²) in [4.78, 5) is 2.25. The Hall–Kier alpha value is -1.56.